The molecule has 1 fully saturated rings. The Labute approximate surface area is 184 Å². The van der Waals surface area contributed by atoms with E-state index >= 15 is 0 Å². The van der Waals surface area contributed by atoms with Gasteiger partial charge in [0.05, 0.1) is 30.3 Å². The summed E-state index contributed by atoms with van der Waals surface area (Å²) >= 11 is 0. The van der Waals surface area contributed by atoms with Gasteiger partial charge in [0, 0.05) is 36.6 Å². The molecule has 4 aromatic heterocycles. The molecule has 166 valence electrons. The fourth-order valence-corrected chi connectivity index (χ4v) is 3.98. The molecule has 5 rings (SSSR count). The van der Waals surface area contributed by atoms with Gasteiger partial charge in [-0.25, -0.2) is 18.7 Å². The van der Waals surface area contributed by atoms with E-state index in [-0.39, 0.29) is 13.1 Å². The zero-order valence-electron chi connectivity index (χ0n) is 18.0. The molecule has 1 aliphatic heterocycles. The summed E-state index contributed by atoms with van der Waals surface area (Å²) in [6.07, 6.45) is 7.65. The Bertz CT molecular complexity index is 1240. The molecule has 1 saturated heterocycles. The van der Waals surface area contributed by atoms with Gasteiger partial charge < -0.3 is 10.6 Å². The molecule has 0 aromatic carbocycles. The predicted octanol–water partition coefficient (Wildman–Crippen LogP) is 3.93. The monoisotopic (exact) mass is 437 g/mol. The van der Waals surface area contributed by atoms with Gasteiger partial charge in [-0.2, -0.15) is 5.10 Å². The number of pyridine rings is 2. The van der Waals surface area contributed by atoms with Gasteiger partial charge in [-0.15, -0.1) is 0 Å². The molecule has 4 aromatic rings. The van der Waals surface area contributed by atoms with Crippen molar-refractivity contribution in [1.29, 1.82) is 0 Å². The van der Waals surface area contributed by atoms with Gasteiger partial charge in [0.2, 0.25) is 0 Å². The van der Waals surface area contributed by atoms with E-state index in [1.807, 2.05) is 51.9 Å². The lowest BCUT2D eigenvalue weighted by Crippen LogP contribution is -2.38. The zero-order chi connectivity index (χ0) is 22.3. The minimum atomic E-state index is -2.81. The average molecular weight is 437 g/mol. The number of nitrogens with one attached hydrogen (secondary N) is 2. The van der Waals surface area contributed by atoms with Crippen LogP contribution in [-0.2, 0) is 6.54 Å². The lowest BCUT2D eigenvalue weighted by molar-refractivity contribution is 0.0138. The smallest absolute Gasteiger partial charge is 0.281 e. The van der Waals surface area contributed by atoms with E-state index in [1.54, 1.807) is 12.3 Å². The normalized spacial score (nSPS) is 18.0. The van der Waals surface area contributed by atoms with E-state index in [2.05, 4.69) is 39.5 Å². The van der Waals surface area contributed by atoms with Crippen LogP contribution in [0.3, 0.4) is 0 Å². The largest absolute Gasteiger partial charge is 0.360 e. The second-order valence-corrected chi connectivity index (χ2v) is 8.63. The second-order valence-electron chi connectivity index (χ2n) is 8.63. The molecule has 5 heterocycles. The summed E-state index contributed by atoms with van der Waals surface area (Å²) in [6.45, 7) is 5.05. The van der Waals surface area contributed by atoms with Crippen molar-refractivity contribution in [3.05, 3.63) is 55.1 Å². The van der Waals surface area contributed by atoms with Gasteiger partial charge in [-0.05, 0) is 30.2 Å². The molecule has 9 heteroatoms. The first-order chi connectivity index (χ1) is 15.4. The Morgan fingerprint density at radius 1 is 1.16 bits per heavy atom. The van der Waals surface area contributed by atoms with Crippen LogP contribution >= 0.6 is 0 Å². The summed E-state index contributed by atoms with van der Waals surface area (Å²) in [5, 5.41) is 10.1. The Balaban J connectivity index is 1.46. The number of imidazole rings is 1. The molecule has 0 radical (unpaired) electrons. The number of rotatable bonds is 6. The molecule has 0 saturated carbocycles. The maximum absolute atomic E-state index is 14.0. The van der Waals surface area contributed by atoms with Crippen LogP contribution in [0.2, 0.25) is 0 Å². The van der Waals surface area contributed by atoms with Crippen LogP contribution in [0.25, 0.3) is 28.2 Å². The standard InChI is InChI=1S/C23H25F2N7/c1-15(2)11-31-12-17(8-28-31)16-6-7-22-27-9-19(32(22)13-16)18-4-3-5-21(29-18)30-20-10-26-14-23(20,24)25/h3-9,12-13,15,20,26H,10-11,14H2,1-2H3,(H,29,30). The average Bonchev–Trinajstić information content (AvgIpc) is 3.46. The SMILES string of the molecule is CC(C)Cn1cc(-c2ccc3ncc(-c4cccc(NC5CNCC5(F)F)n4)n3c2)cn1. The number of anilines is 1. The Morgan fingerprint density at radius 2 is 2.03 bits per heavy atom. The van der Waals surface area contributed by atoms with Crippen LogP contribution in [-0.4, -0.2) is 49.2 Å². The lowest BCUT2D eigenvalue weighted by Gasteiger charge is -2.20. The van der Waals surface area contributed by atoms with Crippen molar-refractivity contribution in [3.63, 3.8) is 0 Å². The van der Waals surface area contributed by atoms with Crippen LogP contribution in [0, 0.1) is 5.92 Å². The number of alkyl halides is 2. The molecule has 0 aliphatic carbocycles. The second kappa shape index (κ2) is 7.98. The molecule has 1 unspecified atom stereocenters. The minimum absolute atomic E-state index is 0.197. The van der Waals surface area contributed by atoms with Gasteiger partial charge in [-0.1, -0.05) is 19.9 Å². The fraction of sp³-hybridized carbons (Fsp3) is 0.348. The first-order valence-corrected chi connectivity index (χ1v) is 10.7. The van der Waals surface area contributed by atoms with Crippen molar-refractivity contribution in [2.75, 3.05) is 18.4 Å². The molecule has 0 spiro atoms. The van der Waals surface area contributed by atoms with Crippen molar-refractivity contribution in [3.8, 4) is 22.5 Å². The number of fused-ring (bicyclic) bond motifs is 1. The van der Waals surface area contributed by atoms with E-state index in [0.29, 0.717) is 17.4 Å². The van der Waals surface area contributed by atoms with Gasteiger partial charge in [-0.3, -0.25) is 9.08 Å². The highest BCUT2D eigenvalue weighted by atomic mass is 19.3. The number of nitrogens with zero attached hydrogens (tertiary/aromatic N) is 5. The van der Waals surface area contributed by atoms with E-state index < -0.39 is 12.0 Å². The first-order valence-electron chi connectivity index (χ1n) is 10.7. The van der Waals surface area contributed by atoms with Crippen LogP contribution < -0.4 is 10.6 Å². The van der Waals surface area contributed by atoms with Crippen molar-refractivity contribution < 1.29 is 8.78 Å². The molecular weight excluding hydrogens is 412 g/mol. The van der Waals surface area contributed by atoms with Crippen LogP contribution in [0.15, 0.2) is 55.1 Å². The Hall–Kier alpha value is -3.33. The maximum Gasteiger partial charge on any atom is 0.281 e. The zero-order valence-corrected chi connectivity index (χ0v) is 18.0. The molecule has 0 bridgehead atoms. The maximum atomic E-state index is 14.0. The summed E-state index contributed by atoms with van der Waals surface area (Å²) in [6, 6.07) is 8.35. The summed E-state index contributed by atoms with van der Waals surface area (Å²) in [5.41, 5.74) is 4.26. The Morgan fingerprint density at radius 3 is 2.81 bits per heavy atom. The van der Waals surface area contributed by atoms with Gasteiger partial charge >= 0.3 is 0 Å². The summed E-state index contributed by atoms with van der Waals surface area (Å²) < 4.78 is 31.9. The third-order valence-electron chi connectivity index (χ3n) is 5.58. The van der Waals surface area contributed by atoms with Gasteiger partial charge in [0.25, 0.3) is 5.92 Å². The van der Waals surface area contributed by atoms with Crippen LogP contribution in [0.5, 0.6) is 0 Å². The van der Waals surface area contributed by atoms with Crippen molar-refractivity contribution in [2.24, 2.45) is 5.92 Å². The highest BCUT2D eigenvalue weighted by molar-refractivity contribution is 5.67. The van der Waals surface area contributed by atoms with Gasteiger partial charge in [0.1, 0.15) is 17.5 Å². The van der Waals surface area contributed by atoms with Crippen LogP contribution in [0.1, 0.15) is 13.8 Å². The van der Waals surface area contributed by atoms with Crippen molar-refractivity contribution >= 4 is 11.5 Å². The molecule has 1 aliphatic rings. The number of hydrogen-bond acceptors (Lipinski definition) is 5. The fourth-order valence-electron chi connectivity index (χ4n) is 3.98. The number of halogens is 2. The highest BCUT2D eigenvalue weighted by Gasteiger charge is 2.44. The molecule has 1 atom stereocenters. The van der Waals surface area contributed by atoms with Crippen molar-refractivity contribution in [2.45, 2.75) is 32.4 Å². The Kier molecular flexibility index (Phi) is 5.13. The van der Waals surface area contributed by atoms with Crippen molar-refractivity contribution in [1.82, 2.24) is 29.5 Å². The summed E-state index contributed by atoms with van der Waals surface area (Å²) in [4.78, 5) is 9.07. The highest BCUT2D eigenvalue weighted by Crippen LogP contribution is 2.27. The molecule has 2 N–H and O–H groups in total. The minimum Gasteiger partial charge on any atom is -0.360 e. The van der Waals surface area contributed by atoms with E-state index in [0.717, 1.165) is 29.0 Å². The molecule has 32 heavy (non-hydrogen) atoms. The lowest BCUT2D eigenvalue weighted by atomic mass is 10.1. The summed E-state index contributed by atoms with van der Waals surface area (Å²) in [7, 11) is 0. The number of aromatic nitrogens is 5. The van der Waals surface area contributed by atoms with E-state index in [4.69, 9.17) is 0 Å². The topological polar surface area (TPSA) is 72.1 Å². The molecular formula is C23H25F2N7. The third-order valence-corrected chi connectivity index (χ3v) is 5.58. The molecule has 0 amide bonds. The molecule has 7 nitrogen and oxygen atoms in total. The van der Waals surface area contributed by atoms with E-state index in [1.165, 1.54) is 0 Å². The summed E-state index contributed by atoms with van der Waals surface area (Å²) in [5.74, 6) is -1.88. The third kappa shape index (κ3) is 3.95. The van der Waals surface area contributed by atoms with Gasteiger partial charge in [0.15, 0.2) is 0 Å². The number of hydrogen-bond donors (Lipinski definition) is 2. The van der Waals surface area contributed by atoms with E-state index in [9.17, 15) is 8.78 Å². The first kappa shape index (κ1) is 20.6. The predicted molar refractivity (Wildman–Crippen MR) is 120 cm³/mol. The van der Waals surface area contributed by atoms with Crippen LogP contribution in [0.4, 0.5) is 14.6 Å². The quantitative estimate of drug-likeness (QED) is 0.478.